The Bertz CT molecular complexity index is 925. The van der Waals surface area contributed by atoms with E-state index in [-0.39, 0.29) is 12.4 Å². The first kappa shape index (κ1) is 23.9. The van der Waals surface area contributed by atoms with Crippen LogP contribution in [0.5, 0.6) is 5.75 Å². The van der Waals surface area contributed by atoms with Crippen molar-refractivity contribution in [2.45, 2.75) is 84.5 Å². The van der Waals surface area contributed by atoms with Crippen molar-refractivity contribution < 1.29 is 9.53 Å². The fourth-order valence-electron chi connectivity index (χ4n) is 4.67. The Morgan fingerprint density at radius 3 is 2.47 bits per heavy atom. The Morgan fingerprint density at radius 2 is 1.84 bits per heavy atom. The van der Waals surface area contributed by atoms with Gasteiger partial charge in [0, 0.05) is 30.3 Å². The maximum atomic E-state index is 11.6. The highest BCUT2D eigenvalue weighted by molar-refractivity contribution is 5.74. The first-order valence-electron chi connectivity index (χ1n) is 12.1. The van der Waals surface area contributed by atoms with Crippen molar-refractivity contribution in [3.63, 3.8) is 0 Å². The van der Waals surface area contributed by atoms with Gasteiger partial charge in [-0.25, -0.2) is 9.97 Å². The second-order valence-electron chi connectivity index (χ2n) is 9.05. The number of carbonyl (C=O) groups excluding carboxylic acids is 1. The van der Waals surface area contributed by atoms with Crippen LogP contribution in [-0.4, -0.2) is 15.9 Å². The smallest absolute Gasteiger partial charge is 0.310 e. The molecule has 0 radical (unpaired) electrons. The van der Waals surface area contributed by atoms with Gasteiger partial charge >= 0.3 is 5.97 Å². The summed E-state index contributed by atoms with van der Waals surface area (Å²) in [5.74, 6) is 2.75. The molecular formula is C27H35N3O2. The number of esters is 1. The molecule has 1 fully saturated rings. The Kier molecular flexibility index (Phi) is 8.79. The van der Waals surface area contributed by atoms with E-state index in [4.69, 9.17) is 4.74 Å². The van der Waals surface area contributed by atoms with Crippen molar-refractivity contribution in [3.05, 3.63) is 42.0 Å². The lowest BCUT2D eigenvalue weighted by atomic mass is 9.74. The quantitative estimate of drug-likeness (QED) is 0.246. The van der Waals surface area contributed by atoms with E-state index in [2.05, 4.69) is 29.9 Å². The van der Waals surface area contributed by atoms with Crippen molar-refractivity contribution in [3.8, 4) is 22.9 Å². The predicted octanol–water partition coefficient (Wildman–Crippen LogP) is 6.82. The van der Waals surface area contributed by atoms with Gasteiger partial charge in [0.15, 0.2) is 0 Å². The van der Waals surface area contributed by atoms with E-state index in [1.54, 1.807) is 19.1 Å². The molecule has 1 aliphatic rings. The molecule has 1 aromatic heterocycles. The van der Waals surface area contributed by atoms with Crippen LogP contribution in [0.3, 0.4) is 0 Å². The van der Waals surface area contributed by atoms with Crippen molar-refractivity contribution >= 4 is 5.97 Å². The van der Waals surface area contributed by atoms with Crippen molar-refractivity contribution in [2.24, 2.45) is 11.8 Å². The summed E-state index contributed by atoms with van der Waals surface area (Å²) in [6.07, 6.45) is 14.6. The fraction of sp³-hybridized carbons (Fsp3) is 0.556. The molecule has 1 atom stereocenters. The van der Waals surface area contributed by atoms with E-state index in [0.29, 0.717) is 23.1 Å². The molecule has 3 rings (SSSR count). The normalized spacial score (nSPS) is 19.2. The average molecular weight is 434 g/mol. The van der Waals surface area contributed by atoms with Crippen LogP contribution < -0.4 is 4.74 Å². The molecule has 1 heterocycles. The zero-order valence-electron chi connectivity index (χ0n) is 19.6. The minimum absolute atomic E-state index is 0.264. The van der Waals surface area contributed by atoms with Crippen LogP contribution in [0.15, 0.2) is 30.6 Å². The number of hydrogen-bond acceptors (Lipinski definition) is 5. The molecule has 1 aliphatic carbocycles. The third-order valence-corrected chi connectivity index (χ3v) is 6.84. The van der Waals surface area contributed by atoms with E-state index >= 15 is 0 Å². The molecule has 2 aromatic rings. The lowest BCUT2D eigenvalue weighted by Gasteiger charge is -2.31. The molecule has 170 valence electrons. The van der Waals surface area contributed by atoms with Crippen LogP contribution in [0.4, 0.5) is 0 Å². The molecule has 0 saturated heterocycles. The molecule has 1 saturated carbocycles. The lowest BCUT2D eigenvalue weighted by molar-refractivity contribution is -0.134. The van der Waals surface area contributed by atoms with Gasteiger partial charge in [-0.2, -0.15) is 5.26 Å². The molecule has 1 aromatic carbocycles. The molecule has 0 spiro atoms. The summed E-state index contributed by atoms with van der Waals surface area (Å²) in [5.41, 5.74) is 2.02. The maximum Gasteiger partial charge on any atom is 0.310 e. The van der Waals surface area contributed by atoms with Crippen LogP contribution >= 0.6 is 0 Å². The van der Waals surface area contributed by atoms with Gasteiger partial charge in [0.2, 0.25) is 0 Å². The van der Waals surface area contributed by atoms with Gasteiger partial charge in [0.05, 0.1) is 5.56 Å². The highest BCUT2D eigenvalue weighted by Crippen LogP contribution is 2.39. The van der Waals surface area contributed by atoms with E-state index in [1.807, 2.05) is 18.5 Å². The van der Waals surface area contributed by atoms with Crippen LogP contribution in [0, 0.1) is 23.2 Å². The second-order valence-corrected chi connectivity index (χ2v) is 9.05. The van der Waals surface area contributed by atoms with E-state index in [9.17, 15) is 10.1 Å². The van der Waals surface area contributed by atoms with Gasteiger partial charge in [-0.05, 0) is 42.4 Å². The largest absolute Gasteiger partial charge is 0.425 e. The Balaban J connectivity index is 1.62. The number of rotatable bonds is 9. The van der Waals surface area contributed by atoms with Crippen LogP contribution in [0.25, 0.3) is 11.1 Å². The van der Waals surface area contributed by atoms with Crippen molar-refractivity contribution in [1.29, 1.82) is 5.26 Å². The van der Waals surface area contributed by atoms with Crippen LogP contribution in [0.2, 0.25) is 0 Å². The molecule has 0 N–H and O–H groups in total. The van der Waals surface area contributed by atoms with Gasteiger partial charge in [-0.3, -0.25) is 4.79 Å². The predicted molar refractivity (Wildman–Crippen MR) is 126 cm³/mol. The van der Waals surface area contributed by atoms with Crippen molar-refractivity contribution in [1.82, 2.24) is 9.97 Å². The Morgan fingerprint density at radius 1 is 1.12 bits per heavy atom. The summed E-state index contributed by atoms with van der Waals surface area (Å²) in [6, 6.07) is 7.33. The summed E-state index contributed by atoms with van der Waals surface area (Å²) in [5, 5.41) is 9.44. The molecule has 5 nitrogen and oxygen atoms in total. The summed E-state index contributed by atoms with van der Waals surface area (Å²) >= 11 is 0. The standard InChI is InChI=1S/C27H35N3O2/c1-4-6-7-8-20-9-11-21(12-10-20)19(3)27-29-17-24(18-30-27)22-13-14-25(23(15-22)16-28)32-26(31)5-2/h13-15,17-21H,4-12H2,1-3H3. The summed E-state index contributed by atoms with van der Waals surface area (Å²) in [4.78, 5) is 20.9. The number of unbranched alkanes of at least 4 members (excludes halogenated alkanes) is 2. The third kappa shape index (κ3) is 6.16. The molecule has 0 aliphatic heterocycles. The zero-order valence-corrected chi connectivity index (χ0v) is 19.6. The zero-order chi connectivity index (χ0) is 22.9. The van der Waals surface area contributed by atoms with Gasteiger partial charge in [0.1, 0.15) is 17.6 Å². The van der Waals surface area contributed by atoms with Gasteiger partial charge < -0.3 is 4.74 Å². The number of benzene rings is 1. The molecule has 5 heteroatoms. The number of aromatic nitrogens is 2. The molecule has 1 unspecified atom stereocenters. The minimum atomic E-state index is -0.356. The third-order valence-electron chi connectivity index (χ3n) is 6.84. The highest BCUT2D eigenvalue weighted by Gasteiger charge is 2.27. The molecule has 0 amide bonds. The Labute approximate surface area is 192 Å². The number of nitrogens with zero attached hydrogens (tertiary/aromatic N) is 3. The summed E-state index contributed by atoms with van der Waals surface area (Å²) in [6.45, 7) is 6.25. The number of ether oxygens (including phenoxy) is 1. The topological polar surface area (TPSA) is 75.9 Å². The SMILES string of the molecule is CCCCCC1CCC(C(C)c2ncc(-c3ccc(OC(=O)CC)c(C#N)c3)cn2)CC1. The summed E-state index contributed by atoms with van der Waals surface area (Å²) in [7, 11) is 0. The first-order valence-corrected chi connectivity index (χ1v) is 12.1. The number of carbonyl (C=O) groups is 1. The monoisotopic (exact) mass is 433 g/mol. The van der Waals surface area contributed by atoms with Crippen molar-refractivity contribution in [2.75, 3.05) is 0 Å². The van der Waals surface area contributed by atoms with E-state index in [0.717, 1.165) is 22.9 Å². The van der Waals surface area contributed by atoms with Gasteiger partial charge in [-0.15, -0.1) is 0 Å². The van der Waals surface area contributed by atoms with Gasteiger partial charge in [-0.1, -0.05) is 65.4 Å². The van der Waals surface area contributed by atoms with E-state index in [1.165, 1.54) is 51.4 Å². The van der Waals surface area contributed by atoms with Gasteiger partial charge in [0.25, 0.3) is 0 Å². The molecule has 32 heavy (non-hydrogen) atoms. The highest BCUT2D eigenvalue weighted by atomic mass is 16.5. The van der Waals surface area contributed by atoms with Crippen LogP contribution in [0.1, 0.15) is 95.9 Å². The Hall–Kier alpha value is -2.74. The average Bonchev–Trinajstić information content (AvgIpc) is 2.84. The number of hydrogen-bond donors (Lipinski definition) is 0. The first-order chi connectivity index (χ1) is 15.5. The number of nitriles is 1. The lowest BCUT2D eigenvalue weighted by Crippen LogP contribution is -2.20. The fourth-order valence-corrected chi connectivity index (χ4v) is 4.67. The van der Waals surface area contributed by atoms with E-state index < -0.39 is 0 Å². The second kappa shape index (κ2) is 11.8. The van der Waals surface area contributed by atoms with Crippen LogP contribution in [-0.2, 0) is 4.79 Å². The maximum absolute atomic E-state index is 11.6. The molecular weight excluding hydrogens is 398 g/mol. The minimum Gasteiger partial charge on any atom is -0.425 e. The molecule has 0 bridgehead atoms. The summed E-state index contributed by atoms with van der Waals surface area (Å²) < 4.78 is 5.24.